The summed E-state index contributed by atoms with van der Waals surface area (Å²) in [7, 11) is 0. The van der Waals surface area contributed by atoms with Gasteiger partial charge in [-0.05, 0) is 19.3 Å². The summed E-state index contributed by atoms with van der Waals surface area (Å²) in [6, 6.07) is 0.290. The van der Waals surface area contributed by atoms with Crippen molar-refractivity contribution >= 4 is 16.5 Å². The zero-order chi connectivity index (χ0) is 9.26. The van der Waals surface area contributed by atoms with E-state index >= 15 is 0 Å². The molecule has 0 radical (unpaired) electrons. The highest BCUT2D eigenvalue weighted by Crippen LogP contribution is 2.25. The van der Waals surface area contributed by atoms with Gasteiger partial charge in [-0.1, -0.05) is 11.3 Å². The molecule has 0 spiro atoms. The van der Waals surface area contributed by atoms with Gasteiger partial charge in [0.2, 0.25) is 5.13 Å². The minimum atomic E-state index is 0.290. The van der Waals surface area contributed by atoms with E-state index < -0.39 is 0 Å². The van der Waals surface area contributed by atoms with Crippen molar-refractivity contribution in [2.75, 3.05) is 18.0 Å². The van der Waals surface area contributed by atoms with Crippen LogP contribution in [0.15, 0.2) is 5.51 Å². The van der Waals surface area contributed by atoms with Crippen LogP contribution in [0.25, 0.3) is 0 Å². The Labute approximate surface area is 81.8 Å². The van der Waals surface area contributed by atoms with Crippen molar-refractivity contribution in [2.24, 2.45) is 11.7 Å². The average molecular weight is 198 g/mol. The molecule has 1 saturated heterocycles. The first kappa shape index (κ1) is 8.90. The first-order valence-electron chi connectivity index (χ1n) is 4.54. The lowest BCUT2D eigenvalue weighted by molar-refractivity contribution is 0.488. The third-order valence-corrected chi connectivity index (χ3v) is 3.34. The van der Waals surface area contributed by atoms with E-state index in [0.29, 0.717) is 5.92 Å². The van der Waals surface area contributed by atoms with Crippen LogP contribution < -0.4 is 10.6 Å². The highest BCUT2D eigenvalue weighted by Gasteiger charge is 2.26. The molecule has 0 saturated carbocycles. The summed E-state index contributed by atoms with van der Waals surface area (Å²) in [5.41, 5.74) is 7.63. The quantitative estimate of drug-likeness (QED) is 0.760. The van der Waals surface area contributed by atoms with E-state index in [9.17, 15) is 0 Å². The van der Waals surface area contributed by atoms with E-state index in [1.807, 2.05) is 0 Å². The van der Waals surface area contributed by atoms with E-state index in [1.54, 1.807) is 16.8 Å². The Bertz CT molecular complexity index is 259. The number of nitrogens with zero attached hydrogens (tertiary/aromatic N) is 3. The van der Waals surface area contributed by atoms with Crippen molar-refractivity contribution in [1.82, 2.24) is 10.2 Å². The number of rotatable bonds is 2. The molecule has 2 unspecified atom stereocenters. The molecule has 0 aliphatic carbocycles. The van der Waals surface area contributed by atoms with Gasteiger partial charge in [-0.25, -0.2) is 0 Å². The molecule has 2 heterocycles. The van der Waals surface area contributed by atoms with Gasteiger partial charge in [-0.3, -0.25) is 0 Å². The second-order valence-electron chi connectivity index (χ2n) is 3.58. The van der Waals surface area contributed by atoms with E-state index in [1.165, 1.54) is 6.42 Å². The number of hydrogen-bond acceptors (Lipinski definition) is 5. The van der Waals surface area contributed by atoms with Crippen LogP contribution in [0, 0.1) is 5.92 Å². The lowest BCUT2D eigenvalue weighted by Gasteiger charge is -2.16. The first-order valence-corrected chi connectivity index (χ1v) is 5.42. The molecule has 1 aliphatic rings. The fourth-order valence-electron chi connectivity index (χ4n) is 1.70. The van der Waals surface area contributed by atoms with Gasteiger partial charge in [0.1, 0.15) is 5.51 Å². The van der Waals surface area contributed by atoms with Crippen LogP contribution in [0.4, 0.5) is 5.13 Å². The Hall–Kier alpha value is -0.680. The number of anilines is 1. The Morgan fingerprint density at radius 2 is 2.62 bits per heavy atom. The largest absolute Gasteiger partial charge is 0.346 e. The Kier molecular flexibility index (Phi) is 2.46. The third kappa shape index (κ3) is 1.81. The molecule has 1 aliphatic heterocycles. The molecule has 1 aromatic heterocycles. The normalized spacial score (nSPS) is 25.1. The van der Waals surface area contributed by atoms with E-state index in [4.69, 9.17) is 5.73 Å². The summed E-state index contributed by atoms with van der Waals surface area (Å²) in [4.78, 5) is 2.27. The van der Waals surface area contributed by atoms with E-state index in [0.717, 1.165) is 18.2 Å². The topological polar surface area (TPSA) is 55.0 Å². The standard InChI is InChI=1S/C8H14N4S/c1-6(9)7-2-3-12(4-7)8-11-10-5-13-8/h5-7H,2-4,9H2,1H3. The highest BCUT2D eigenvalue weighted by atomic mass is 32.1. The van der Waals surface area contributed by atoms with Gasteiger partial charge in [-0.2, -0.15) is 0 Å². The Morgan fingerprint density at radius 1 is 1.77 bits per heavy atom. The van der Waals surface area contributed by atoms with Gasteiger partial charge in [0.15, 0.2) is 0 Å². The lowest BCUT2D eigenvalue weighted by atomic mass is 10.0. The maximum atomic E-state index is 5.85. The van der Waals surface area contributed by atoms with Gasteiger partial charge >= 0.3 is 0 Å². The minimum Gasteiger partial charge on any atom is -0.346 e. The second kappa shape index (κ2) is 3.59. The minimum absolute atomic E-state index is 0.290. The molecule has 2 atom stereocenters. The van der Waals surface area contributed by atoms with Crippen molar-refractivity contribution in [3.05, 3.63) is 5.51 Å². The molecule has 13 heavy (non-hydrogen) atoms. The van der Waals surface area contributed by atoms with Crippen LogP contribution in [0.3, 0.4) is 0 Å². The van der Waals surface area contributed by atoms with Gasteiger partial charge < -0.3 is 10.6 Å². The van der Waals surface area contributed by atoms with E-state index in [-0.39, 0.29) is 6.04 Å². The predicted molar refractivity (Wildman–Crippen MR) is 53.9 cm³/mol. The number of hydrogen-bond donors (Lipinski definition) is 1. The van der Waals surface area contributed by atoms with Gasteiger partial charge in [0.25, 0.3) is 0 Å². The SMILES string of the molecule is CC(N)C1CCN(c2nncs2)C1. The molecule has 2 N–H and O–H groups in total. The van der Waals surface area contributed by atoms with Crippen LogP contribution in [-0.2, 0) is 0 Å². The first-order chi connectivity index (χ1) is 6.27. The van der Waals surface area contributed by atoms with Crippen molar-refractivity contribution in [2.45, 2.75) is 19.4 Å². The molecule has 1 fully saturated rings. The number of nitrogens with two attached hydrogens (primary N) is 1. The summed E-state index contributed by atoms with van der Waals surface area (Å²) >= 11 is 1.60. The van der Waals surface area contributed by atoms with Crippen LogP contribution in [0.1, 0.15) is 13.3 Å². The van der Waals surface area contributed by atoms with Gasteiger partial charge in [0, 0.05) is 19.1 Å². The fraction of sp³-hybridized carbons (Fsp3) is 0.750. The molecule has 0 amide bonds. The molecular weight excluding hydrogens is 184 g/mol. The van der Waals surface area contributed by atoms with Crippen molar-refractivity contribution < 1.29 is 0 Å². The van der Waals surface area contributed by atoms with Crippen molar-refractivity contribution in [3.8, 4) is 0 Å². The summed E-state index contributed by atoms with van der Waals surface area (Å²) in [5, 5.41) is 8.91. The molecular formula is C8H14N4S. The summed E-state index contributed by atoms with van der Waals surface area (Å²) in [6.07, 6.45) is 1.18. The fourth-order valence-corrected chi connectivity index (χ4v) is 2.29. The summed E-state index contributed by atoms with van der Waals surface area (Å²) in [6.45, 7) is 4.18. The van der Waals surface area contributed by atoms with Crippen LogP contribution in [-0.4, -0.2) is 29.3 Å². The zero-order valence-corrected chi connectivity index (χ0v) is 8.50. The summed E-state index contributed by atoms with van der Waals surface area (Å²) in [5.74, 6) is 0.615. The Balaban J connectivity index is 1.99. The second-order valence-corrected chi connectivity index (χ2v) is 4.39. The molecule has 72 valence electrons. The van der Waals surface area contributed by atoms with Crippen LogP contribution in [0.2, 0.25) is 0 Å². The van der Waals surface area contributed by atoms with Crippen molar-refractivity contribution in [3.63, 3.8) is 0 Å². The Morgan fingerprint density at radius 3 is 3.15 bits per heavy atom. The predicted octanol–water partition coefficient (Wildman–Crippen LogP) is 0.712. The molecule has 5 heteroatoms. The maximum absolute atomic E-state index is 5.85. The van der Waals surface area contributed by atoms with Crippen molar-refractivity contribution in [1.29, 1.82) is 0 Å². The molecule has 1 aromatic rings. The number of aromatic nitrogens is 2. The lowest BCUT2D eigenvalue weighted by Crippen LogP contribution is -2.29. The van der Waals surface area contributed by atoms with Crippen LogP contribution in [0.5, 0.6) is 0 Å². The maximum Gasteiger partial charge on any atom is 0.208 e. The smallest absolute Gasteiger partial charge is 0.208 e. The third-order valence-electron chi connectivity index (χ3n) is 2.59. The molecule has 0 aromatic carbocycles. The summed E-state index contributed by atoms with van der Waals surface area (Å²) < 4.78 is 0. The van der Waals surface area contributed by atoms with Crippen LogP contribution >= 0.6 is 11.3 Å². The zero-order valence-electron chi connectivity index (χ0n) is 7.68. The van der Waals surface area contributed by atoms with Gasteiger partial charge in [-0.15, -0.1) is 10.2 Å². The van der Waals surface area contributed by atoms with E-state index in [2.05, 4.69) is 22.0 Å². The van der Waals surface area contributed by atoms with Gasteiger partial charge in [0.05, 0.1) is 0 Å². The molecule has 0 bridgehead atoms. The molecule has 4 nitrogen and oxygen atoms in total. The monoisotopic (exact) mass is 198 g/mol. The average Bonchev–Trinajstić information content (AvgIpc) is 2.75. The highest BCUT2D eigenvalue weighted by molar-refractivity contribution is 7.13. The molecule has 2 rings (SSSR count).